The van der Waals surface area contributed by atoms with Crippen molar-refractivity contribution in [3.05, 3.63) is 93.4 Å². The summed E-state index contributed by atoms with van der Waals surface area (Å²) >= 11 is 0. The average molecular weight is 482 g/mol. The summed E-state index contributed by atoms with van der Waals surface area (Å²) in [5, 5.41) is 3.06. The van der Waals surface area contributed by atoms with Crippen LogP contribution >= 0.6 is 0 Å². The van der Waals surface area contributed by atoms with Crippen molar-refractivity contribution >= 4 is 28.6 Å². The van der Waals surface area contributed by atoms with E-state index in [2.05, 4.69) is 17.2 Å². The minimum absolute atomic E-state index is 0.0327. The van der Waals surface area contributed by atoms with Gasteiger partial charge in [0, 0.05) is 30.9 Å². The van der Waals surface area contributed by atoms with Crippen molar-refractivity contribution in [2.24, 2.45) is 5.92 Å². The molecule has 0 bridgehead atoms. The predicted molar refractivity (Wildman–Crippen MR) is 144 cm³/mol. The fraction of sp³-hybridized carbons (Fsp3) is 0.310. The fourth-order valence-electron chi connectivity index (χ4n) is 4.71. The zero-order valence-corrected chi connectivity index (χ0v) is 21.0. The van der Waals surface area contributed by atoms with E-state index in [-0.39, 0.29) is 17.4 Å². The van der Waals surface area contributed by atoms with Gasteiger partial charge in [-0.25, -0.2) is 9.97 Å². The fourth-order valence-corrected chi connectivity index (χ4v) is 4.71. The molecule has 1 fully saturated rings. The van der Waals surface area contributed by atoms with Gasteiger partial charge in [0.15, 0.2) is 11.5 Å². The molecule has 1 aliphatic rings. The molecule has 7 heteroatoms. The number of carbonyl (C=O) groups is 1. The predicted octanol–water partition coefficient (Wildman–Crippen LogP) is 4.62. The molecule has 1 aliphatic heterocycles. The highest BCUT2D eigenvalue weighted by molar-refractivity contribution is 5.92. The number of rotatable bonds is 5. The van der Waals surface area contributed by atoms with Crippen molar-refractivity contribution in [3.63, 3.8) is 0 Å². The number of amides is 1. The van der Waals surface area contributed by atoms with Gasteiger partial charge in [0.05, 0.1) is 6.54 Å². The Balaban J connectivity index is 1.35. The molecule has 7 nitrogen and oxygen atoms in total. The van der Waals surface area contributed by atoms with Gasteiger partial charge in [-0.15, -0.1) is 0 Å². The minimum Gasteiger partial charge on any atom is -0.352 e. The van der Waals surface area contributed by atoms with E-state index in [9.17, 15) is 9.59 Å². The summed E-state index contributed by atoms with van der Waals surface area (Å²) in [7, 11) is 0. The van der Waals surface area contributed by atoms with Crippen LogP contribution in [-0.4, -0.2) is 33.5 Å². The molecule has 3 heterocycles. The average Bonchev–Trinajstić information content (AvgIpc) is 2.89. The molecule has 184 valence electrons. The van der Waals surface area contributed by atoms with Gasteiger partial charge in [-0.2, -0.15) is 0 Å². The first kappa shape index (κ1) is 23.7. The second-order valence-corrected chi connectivity index (χ2v) is 9.71. The SMILES string of the molecule is Cc1ccc(Cn2c(=O)c(N3CCC(C(=O)Nc4ccc(C)c(C)c4)CC3)nc3cccnc32)cc1. The molecule has 0 spiro atoms. The number of hydrogen-bond donors (Lipinski definition) is 1. The number of hydrogen-bond acceptors (Lipinski definition) is 5. The molecule has 36 heavy (non-hydrogen) atoms. The maximum Gasteiger partial charge on any atom is 0.295 e. The Morgan fingerprint density at radius 3 is 2.47 bits per heavy atom. The van der Waals surface area contributed by atoms with Crippen molar-refractivity contribution < 1.29 is 4.79 Å². The van der Waals surface area contributed by atoms with E-state index in [1.54, 1.807) is 10.8 Å². The van der Waals surface area contributed by atoms with Crippen molar-refractivity contribution in [2.75, 3.05) is 23.3 Å². The van der Waals surface area contributed by atoms with Crippen LogP contribution in [0.25, 0.3) is 11.2 Å². The molecule has 0 aliphatic carbocycles. The van der Waals surface area contributed by atoms with Gasteiger partial charge in [0.1, 0.15) is 5.52 Å². The van der Waals surface area contributed by atoms with Crippen molar-refractivity contribution in [2.45, 2.75) is 40.2 Å². The number of fused-ring (bicyclic) bond motifs is 1. The standard InChI is InChI=1S/C29H31N5O2/c1-19-6-9-22(10-7-19)18-34-26-25(5-4-14-30-26)32-27(29(34)36)33-15-12-23(13-16-33)28(35)31-24-11-8-20(2)21(3)17-24/h4-11,14,17,23H,12-13,15-16,18H2,1-3H3,(H,31,35). The Labute approximate surface area is 210 Å². The summed E-state index contributed by atoms with van der Waals surface area (Å²) in [6.45, 7) is 7.77. The molecule has 0 radical (unpaired) electrons. The van der Waals surface area contributed by atoms with Crippen LogP contribution in [0.5, 0.6) is 0 Å². The number of nitrogens with one attached hydrogen (secondary N) is 1. The van der Waals surface area contributed by atoms with E-state index in [1.807, 2.05) is 73.3 Å². The Morgan fingerprint density at radius 2 is 1.75 bits per heavy atom. The molecule has 0 saturated carbocycles. The molecule has 1 amide bonds. The highest BCUT2D eigenvalue weighted by atomic mass is 16.2. The zero-order valence-electron chi connectivity index (χ0n) is 21.0. The topological polar surface area (TPSA) is 80.1 Å². The Hall–Kier alpha value is -4.00. The van der Waals surface area contributed by atoms with E-state index in [0.717, 1.165) is 16.8 Å². The van der Waals surface area contributed by atoms with Gasteiger partial charge < -0.3 is 10.2 Å². The van der Waals surface area contributed by atoms with Crippen LogP contribution < -0.4 is 15.8 Å². The number of nitrogens with zero attached hydrogens (tertiary/aromatic N) is 4. The van der Waals surface area contributed by atoms with Gasteiger partial charge in [-0.3, -0.25) is 14.2 Å². The molecule has 5 rings (SSSR count). The van der Waals surface area contributed by atoms with Gasteiger partial charge in [-0.05, 0) is 74.6 Å². The summed E-state index contributed by atoms with van der Waals surface area (Å²) in [5.74, 6) is 0.362. The quantitative estimate of drug-likeness (QED) is 0.450. The van der Waals surface area contributed by atoms with Crippen LogP contribution in [0.15, 0.2) is 65.6 Å². The number of carbonyl (C=O) groups excluding carboxylic acids is 1. The van der Waals surface area contributed by atoms with Gasteiger partial charge >= 0.3 is 0 Å². The number of pyridine rings is 1. The lowest BCUT2D eigenvalue weighted by atomic mass is 9.95. The lowest BCUT2D eigenvalue weighted by molar-refractivity contribution is -0.120. The van der Waals surface area contributed by atoms with Gasteiger partial charge in [0.2, 0.25) is 5.91 Å². The highest BCUT2D eigenvalue weighted by Crippen LogP contribution is 2.24. The molecular weight excluding hydrogens is 450 g/mol. The van der Waals surface area contributed by atoms with E-state index in [0.29, 0.717) is 49.5 Å². The van der Waals surface area contributed by atoms with E-state index in [1.165, 1.54) is 11.1 Å². The number of aromatic nitrogens is 3. The smallest absolute Gasteiger partial charge is 0.295 e. The number of piperidine rings is 1. The van der Waals surface area contributed by atoms with Crippen LogP contribution in [0.4, 0.5) is 11.5 Å². The monoisotopic (exact) mass is 481 g/mol. The zero-order chi connectivity index (χ0) is 25.2. The third-order valence-corrected chi connectivity index (χ3v) is 7.09. The molecule has 0 atom stereocenters. The number of aryl methyl sites for hydroxylation is 3. The minimum atomic E-state index is -0.153. The van der Waals surface area contributed by atoms with Gasteiger partial charge in [-0.1, -0.05) is 35.9 Å². The van der Waals surface area contributed by atoms with Crippen LogP contribution in [-0.2, 0) is 11.3 Å². The van der Waals surface area contributed by atoms with E-state index >= 15 is 0 Å². The summed E-state index contributed by atoms with van der Waals surface area (Å²) in [6, 6.07) is 17.9. The van der Waals surface area contributed by atoms with Crippen molar-refractivity contribution in [3.8, 4) is 0 Å². The summed E-state index contributed by atoms with van der Waals surface area (Å²) < 4.78 is 1.71. The first-order valence-electron chi connectivity index (χ1n) is 12.4. The maximum atomic E-state index is 13.6. The molecule has 1 N–H and O–H groups in total. The first-order chi connectivity index (χ1) is 17.4. The number of benzene rings is 2. The largest absolute Gasteiger partial charge is 0.352 e. The Kier molecular flexibility index (Phi) is 6.55. The number of anilines is 2. The first-order valence-corrected chi connectivity index (χ1v) is 12.4. The molecule has 0 unspecified atom stereocenters. The lowest BCUT2D eigenvalue weighted by Crippen LogP contribution is -2.42. The molecular formula is C29H31N5O2. The molecule has 2 aromatic heterocycles. The second kappa shape index (κ2) is 9.93. The van der Waals surface area contributed by atoms with E-state index in [4.69, 9.17) is 4.98 Å². The maximum absolute atomic E-state index is 13.6. The third kappa shape index (κ3) is 4.87. The molecule has 4 aromatic rings. The summed E-state index contributed by atoms with van der Waals surface area (Å²) in [4.78, 5) is 37.7. The highest BCUT2D eigenvalue weighted by Gasteiger charge is 2.28. The van der Waals surface area contributed by atoms with E-state index < -0.39 is 0 Å². The lowest BCUT2D eigenvalue weighted by Gasteiger charge is -2.32. The van der Waals surface area contributed by atoms with Crippen LogP contribution in [0.1, 0.15) is 35.1 Å². The van der Waals surface area contributed by atoms with Crippen LogP contribution in [0, 0.1) is 26.7 Å². The van der Waals surface area contributed by atoms with Crippen molar-refractivity contribution in [1.29, 1.82) is 0 Å². The Bertz CT molecular complexity index is 1470. The summed E-state index contributed by atoms with van der Waals surface area (Å²) in [5.41, 5.74) is 6.51. The van der Waals surface area contributed by atoms with Crippen molar-refractivity contribution in [1.82, 2.24) is 14.5 Å². The summed E-state index contributed by atoms with van der Waals surface area (Å²) in [6.07, 6.45) is 3.02. The van der Waals surface area contributed by atoms with Crippen LogP contribution in [0.2, 0.25) is 0 Å². The molecule has 1 saturated heterocycles. The molecule has 2 aromatic carbocycles. The Morgan fingerprint density at radius 1 is 1.00 bits per heavy atom. The van der Waals surface area contributed by atoms with Crippen LogP contribution in [0.3, 0.4) is 0 Å². The third-order valence-electron chi connectivity index (χ3n) is 7.09. The normalized spacial score (nSPS) is 14.2. The van der Waals surface area contributed by atoms with Gasteiger partial charge in [0.25, 0.3) is 5.56 Å². The second-order valence-electron chi connectivity index (χ2n) is 9.71.